The molecule has 1 amide bonds. The quantitative estimate of drug-likeness (QED) is 0.425. The van der Waals surface area contributed by atoms with E-state index in [4.69, 9.17) is 14.2 Å². The molecule has 0 aromatic heterocycles. The van der Waals surface area contributed by atoms with E-state index in [0.717, 1.165) is 0 Å². The third-order valence-electron chi connectivity index (χ3n) is 2.97. The van der Waals surface area contributed by atoms with Crippen molar-refractivity contribution in [2.24, 2.45) is 5.41 Å². The summed E-state index contributed by atoms with van der Waals surface area (Å²) >= 11 is 0.657. The van der Waals surface area contributed by atoms with Gasteiger partial charge in [0.1, 0.15) is 11.8 Å². The molecule has 27 heavy (non-hydrogen) atoms. The first-order valence-electron chi connectivity index (χ1n) is 8.10. The van der Waals surface area contributed by atoms with Crippen LogP contribution in [0, 0.1) is 5.41 Å². The van der Waals surface area contributed by atoms with Gasteiger partial charge in [0.05, 0.1) is 5.41 Å². The lowest BCUT2D eigenvalue weighted by Gasteiger charge is -2.17. The van der Waals surface area contributed by atoms with Crippen molar-refractivity contribution in [3.8, 4) is 5.75 Å². The predicted octanol–water partition coefficient (Wildman–Crippen LogP) is 2.51. The number of esters is 2. The number of amides is 1. The normalized spacial score (nSPS) is 11.9. The van der Waals surface area contributed by atoms with Crippen molar-refractivity contribution in [2.75, 3.05) is 12.5 Å². The number of thioether (sulfide) groups is 1. The van der Waals surface area contributed by atoms with Crippen LogP contribution in [0.5, 0.6) is 5.75 Å². The van der Waals surface area contributed by atoms with E-state index >= 15 is 0 Å². The van der Waals surface area contributed by atoms with Gasteiger partial charge in [0.15, 0.2) is 0 Å². The highest BCUT2D eigenvalue weighted by Crippen LogP contribution is 2.16. The van der Waals surface area contributed by atoms with Gasteiger partial charge in [-0.3, -0.25) is 9.59 Å². The number of para-hydroxylation sites is 1. The van der Waals surface area contributed by atoms with Crippen molar-refractivity contribution in [1.29, 1.82) is 0 Å². The molecule has 0 aliphatic carbocycles. The first-order valence-corrected chi connectivity index (χ1v) is 9.09. The third-order valence-corrected chi connectivity index (χ3v) is 3.82. The molecule has 1 aromatic carbocycles. The lowest BCUT2D eigenvalue weighted by atomic mass is 9.98. The molecule has 8 nitrogen and oxygen atoms in total. The molecule has 0 bridgehead atoms. The van der Waals surface area contributed by atoms with Gasteiger partial charge < -0.3 is 19.5 Å². The van der Waals surface area contributed by atoms with E-state index in [-0.39, 0.29) is 5.75 Å². The topological polar surface area (TPSA) is 108 Å². The zero-order valence-electron chi connectivity index (χ0n) is 15.6. The van der Waals surface area contributed by atoms with Crippen LogP contribution in [0.2, 0.25) is 0 Å². The van der Waals surface area contributed by atoms with Crippen molar-refractivity contribution in [3.63, 3.8) is 0 Å². The van der Waals surface area contributed by atoms with Gasteiger partial charge in [0.2, 0.25) is 12.7 Å². The molecule has 1 atom stereocenters. The molecule has 0 heterocycles. The molecule has 9 heteroatoms. The van der Waals surface area contributed by atoms with Crippen molar-refractivity contribution in [1.82, 2.24) is 5.32 Å². The van der Waals surface area contributed by atoms with E-state index in [1.54, 1.807) is 51.1 Å². The molecule has 0 spiro atoms. The monoisotopic (exact) mass is 397 g/mol. The lowest BCUT2D eigenvalue weighted by Crippen LogP contribution is -2.44. The van der Waals surface area contributed by atoms with Crippen LogP contribution in [0.25, 0.3) is 0 Å². The summed E-state index contributed by atoms with van der Waals surface area (Å²) in [6.45, 7) is 5.73. The highest BCUT2D eigenvalue weighted by molar-refractivity contribution is 8.13. The van der Waals surface area contributed by atoms with Gasteiger partial charge in [-0.2, -0.15) is 0 Å². The Morgan fingerprint density at radius 2 is 1.70 bits per heavy atom. The average Bonchev–Trinajstić information content (AvgIpc) is 2.58. The van der Waals surface area contributed by atoms with E-state index < -0.39 is 41.4 Å². The Morgan fingerprint density at radius 1 is 1.07 bits per heavy atom. The maximum atomic E-state index is 12.2. The van der Waals surface area contributed by atoms with Crippen molar-refractivity contribution in [3.05, 3.63) is 30.3 Å². The lowest BCUT2D eigenvalue weighted by molar-refractivity contribution is -0.160. The van der Waals surface area contributed by atoms with Crippen LogP contribution in [-0.4, -0.2) is 41.7 Å². The number of nitrogens with one attached hydrogen (secondary N) is 1. The maximum absolute atomic E-state index is 12.2. The molecule has 0 aliphatic heterocycles. The number of hydrogen-bond donors (Lipinski definition) is 1. The molecule has 0 unspecified atom stereocenters. The fourth-order valence-corrected chi connectivity index (χ4v) is 2.28. The van der Waals surface area contributed by atoms with Crippen LogP contribution < -0.4 is 10.1 Å². The fraction of sp³-hybridized carbons (Fsp3) is 0.444. The van der Waals surface area contributed by atoms with Gasteiger partial charge >= 0.3 is 17.2 Å². The highest BCUT2D eigenvalue weighted by Gasteiger charge is 2.25. The Labute approximate surface area is 161 Å². The van der Waals surface area contributed by atoms with Gasteiger partial charge in [0, 0.05) is 12.7 Å². The van der Waals surface area contributed by atoms with Gasteiger partial charge in [-0.1, -0.05) is 18.2 Å². The van der Waals surface area contributed by atoms with Crippen molar-refractivity contribution in [2.45, 2.75) is 33.7 Å². The third kappa shape index (κ3) is 9.09. The van der Waals surface area contributed by atoms with Crippen LogP contribution in [0.4, 0.5) is 4.79 Å². The summed E-state index contributed by atoms with van der Waals surface area (Å²) < 4.78 is 14.8. The number of hydrogen-bond acceptors (Lipinski definition) is 8. The van der Waals surface area contributed by atoms with E-state index in [1.807, 2.05) is 0 Å². The molecule has 1 rings (SSSR count). The Balaban J connectivity index is 2.49. The summed E-state index contributed by atoms with van der Waals surface area (Å²) in [6, 6.07) is 7.29. The van der Waals surface area contributed by atoms with Gasteiger partial charge in [-0.05, 0) is 44.7 Å². The maximum Gasteiger partial charge on any atom is 0.370 e. The Bertz CT molecular complexity index is 670. The predicted molar refractivity (Wildman–Crippen MR) is 99.0 cm³/mol. The van der Waals surface area contributed by atoms with Crippen LogP contribution in [0.15, 0.2) is 30.3 Å². The standard InChI is InChI=1S/C18H23NO7S/c1-12(20)19-14(15(21)26-13-8-6-5-7-9-13)10-27-17(23)25-11-24-16(22)18(2,3)4/h5-9,14H,10-11H2,1-4H3,(H,19,20)/t14-/m0/s1. The highest BCUT2D eigenvalue weighted by atomic mass is 32.2. The average molecular weight is 397 g/mol. The van der Waals surface area contributed by atoms with Crippen LogP contribution in [-0.2, 0) is 23.9 Å². The van der Waals surface area contributed by atoms with Gasteiger partial charge in [-0.25, -0.2) is 9.59 Å². The molecule has 148 valence electrons. The second-order valence-electron chi connectivity index (χ2n) is 6.49. The van der Waals surface area contributed by atoms with Crippen LogP contribution in [0.1, 0.15) is 27.7 Å². The minimum atomic E-state index is -1.04. The minimum absolute atomic E-state index is 0.0999. The van der Waals surface area contributed by atoms with Crippen LogP contribution >= 0.6 is 11.8 Å². The number of ether oxygens (including phenoxy) is 3. The summed E-state index contributed by atoms with van der Waals surface area (Å²) in [5.74, 6) is -1.45. The smallest absolute Gasteiger partial charge is 0.370 e. The number of carbonyl (C=O) groups excluding carboxylic acids is 4. The van der Waals surface area contributed by atoms with E-state index in [0.29, 0.717) is 17.5 Å². The van der Waals surface area contributed by atoms with E-state index in [2.05, 4.69) is 5.32 Å². The molecule has 0 saturated heterocycles. The zero-order valence-corrected chi connectivity index (χ0v) is 16.5. The first kappa shape index (κ1) is 22.5. The number of carbonyl (C=O) groups is 4. The molecule has 1 N–H and O–H groups in total. The second-order valence-corrected chi connectivity index (χ2v) is 7.45. The Hall–Kier alpha value is -2.55. The Morgan fingerprint density at radius 3 is 2.26 bits per heavy atom. The van der Waals surface area contributed by atoms with Crippen molar-refractivity contribution >= 4 is 34.9 Å². The van der Waals surface area contributed by atoms with Gasteiger partial charge in [-0.15, -0.1) is 0 Å². The molecular weight excluding hydrogens is 374 g/mol. The van der Waals surface area contributed by atoms with E-state index in [1.165, 1.54) is 6.92 Å². The van der Waals surface area contributed by atoms with Crippen molar-refractivity contribution < 1.29 is 33.4 Å². The summed E-state index contributed by atoms with van der Waals surface area (Å²) in [5, 5.41) is 1.67. The largest absolute Gasteiger partial charge is 0.427 e. The molecule has 1 aromatic rings. The Kier molecular flexibility index (Phi) is 8.80. The summed E-state index contributed by atoms with van der Waals surface area (Å²) in [6.07, 6.45) is 0. The molecular formula is C18H23NO7S. The number of benzene rings is 1. The molecule has 0 radical (unpaired) electrons. The van der Waals surface area contributed by atoms with Gasteiger partial charge in [0.25, 0.3) is 0 Å². The number of rotatable bonds is 7. The fourth-order valence-electron chi connectivity index (χ4n) is 1.63. The SMILES string of the molecule is CC(=O)N[C@@H](CSC(=O)OCOC(=O)C(C)(C)C)C(=O)Oc1ccccc1. The molecule has 0 fully saturated rings. The summed E-state index contributed by atoms with van der Waals surface area (Å²) in [5.41, 5.74) is -0.711. The van der Waals surface area contributed by atoms with Crippen LogP contribution in [0.3, 0.4) is 0 Å². The second kappa shape index (κ2) is 10.6. The molecule has 0 aliphatic rings. The zero-order chi connectivity index (χ0) is 20.4. The molecule has 0 saturated carbocycles. The summed E-state index contributed by atoms with van der Waals surface area (Å²) in [7, 11) is 0. The minimum Gasteiger partial charge on any atom is -0.427 e. The summed E-state index contributed by atoms with van der Waals surface area (Å²) in [4.78, 5) is 46.8. The van der Waals surface area contributed by atoms with E-state index in [9.17, 15) is 19.2 Å². The first-order chi connectivity index (χ1) is 12.6.